The molecule has 0 saturated heterocycles. The summed E-state index contributed by atoms with van der Waals surface area (Å²) >= 11 is 3.43. The zero-order valence-corrected chi connectivity index (χ0v) is 15.8. The predicted octanol–water partition coefficient (Wildman–Crippen LogP) is 4.49. The molecule has 3 rings (SSSR count). The Bertz CT molecular complexity index is 856. The summed E-state index contributed by atoms with van der Waals surface area (Å²) in [6.07, 6.45) is 2.06. The predicted molar refractivity (Wildman–Crippen MR) is 107 cm³/mol. The van der Waals surface area contributed by atoms with Gasteiger partial charge in [-0.25, -0.2) is 4.39 Å². The number of rotatable bonds is 7. The van der Waals surface area contributed by atoms with Gasteiger partial charge in [-0.3, -0.25) is 0 Å². The number of nitrogens with one attached hydrogen (secondary N) is 1. The molecular weight excluding hydrogens is 369 g/mol. The van der Waals surface area contributed by atoms with Crippen LogP contribution in [0.3, 0.4) is 0 Å². The van der Waals surface area contributed by atoms with Crippen LogP contribution in [0.1, 0.15) is 11.4 Å². The average Bonchev–Trinajstić information content (AvgIpc) is 2.64. The smallest absolute Gasteiger partial charge is 0.232 e. The van der Waals surface area contributed by atoms with Crippen molar-refractivity contribution in [2.75, 3.05) is 17.3 Å². The van der Waals surface area contributed by atoms with Gasteiger partial charge in [0.1, 0.15) is 11.6 Å². The summed E-state index contributed by atoms with van der Waals surface area (Å²) in [5, 5.41) is 3.01. The molecule has 134 valence electrons. The molecular formula is C18H18FN5S2. The Morgan fingerprint density at radius 2 is 1.69 bits per heavy atom. The molecule has 2 aromatic carbocycles. The second-order valence-corrected chi connectivity index (χ2v) is 7.27. The van der Waals surface area contributed by atoms with E-state index in [1.54, 1.807) is 35.7 Å². The highest BCUT2D eigenvalue weighted by Crippen LogP contribution is 2.21. The summed E-state index contributed by atoms with van der Waals surface area (Å²) in [4.78, 5) is 13.9. The highest BCUT2D eigenvalue weighted by molar-refractivity contribution is 7.98. The maximum atomic E-state index is 13.0. The maximum absolute atomic E-state index is 13.0. The number of hydrogen-bond acceptors (Lipinski definition) is 7. The molecule has 0 aliphatic rings. The van der Waals surface area contributed by atoms with Gasteiger partial charge in [-0.1, -0.05) is 12.1 Å². The topological polar surface area (TPSA) is 76.7 Å². The summed E-state index contributed by atoms with van der Waals surface area (Å²) in [5.41, 5.74) is 7.71. The highest BCUT2D eigenvalue weighted by Gasteiger charge is 2.06. The maximum Gasteiger partial charge on any atom is 0.232 e. The number of nitrogens with zero attached hydrogens (tertiary/aromatic N) is 3. The lowest BCUT2D eigenvalue weighted by Gasteiger charge is -2.07. The number of thioether (sulfide) groups is 2. The third kappa shape index (κ3) is 5.34. The zero-order chi connectivity index (χ0) is 18.4. The Balaban J connectivity index is 1.60. The molecule has 3 N–H and O–H groups in total. The fourth-order valence-electron chi connectivity index (χ4n) is 2.20. The molecule has 26 heavy (non-hydrogen) atoms. The van der Waals surface area contributed by atoms with Gasteiger partial charge in [0.15, 0.2) is 0 Å². The second-order valence-electron chi connectivity index (χ2n) is 5.41. The van der Waals surface area contributed by atoms with Gasteiger partial charge in [-0.2, -0.15) is 15.0 Å². The molecule has 0 aliphatic heterocycles. The van der Waals surface area contributed by atoms with Crippen molar-refractivity contribution in [1.29, 1.82) is 0 Å². The first-order valence-electron chi connectivity index (χ1n) is 7.86. The molecule has 0 aliphatic carbocycles. The first kappa shape index (κ1) is 18.5. The summed E-state index contributed by atoms with van der Waals surface area (Å²) in [5.74, 6) is 2.30. The quantitative estimate of drug-likeness (QED) is 0.578. The molecule has 8 heteroatoms. The second kappa shape index (κ2) is 8.86. The third-order valence-corrected chi connectivity index (χ3v) is 5.20. The van der Waals surface area contributed by atoms with Crippen LogP contribution in [-0.2, 0) is 11.5 Å². The van der Waals surface area contributed by atoms with Gasteiger partial charge in [0.25, 0.3) is 0 Å². The Morgan fingerprint density at radius 1 is 0.962 bits per heavy atom. The van der Waals surface area contributed by atoms with Gasteiger partial charge < -0.3 is 11.1 Å². The monoisotopic (exact) mass is 387 g/mol. The van der Waals surface area contributed by atoms with Crippen LogP contribution in [0.15, 0.2) is 53.4 Å². The number of nitrogens with two attached hydrogens (primary N) is 1. The Kier molecular flexibility index (Phi) is 6.30. The SMILES string of the molecule is CSc1ccc(CSCc2nc(N)nc(Nc3ccc(F)cc3)n2)cc1. The van der Waals surface area contributed by atoms with Crippen molar-refractivity contribution in [3.8, 4) is 0 Å². The molecule has 3 aromatic rings. The highest BCUT2D eigenvalue weighted by atomic mass is 32.2. The third-order valence-electron chi connectivity index (χ3n) is 3.46. The van der Waals surface area contributed by atoms with Crippen LogP contribution >= 0.6 is 23.5 Å². The fourth-order valence-corrected chi connectivity index (χ4v) is 3.45. The molecule has 0 bridgehead atoms. The largest absolute Gasteiger partial charge is 0.368 e. The number of halogens is 1. The van der Waals surface area contributed by atoms with E-state index in [0.29, 0.717) is 23.2 Å². The minimum Gasteiger partial charge on any atom is -0.368 e. The average molecular weight is 388 g/mol. The van der Waals surface area contributed by atoms with Crippen molar-refractivity contribution >= 4 is 41.1 Å². The Hall–Kier alpha value is -2.32. The minimum atomic E-state index is -0.298. The van der Waals surface area contributed by atoms with Crippen LogP contribution in [0, 0.1) is 5.82 Å². The molecule has 0 radical (unpaired) electrons. The summed E-state index contributed by atoms with van der Waals surface area (Å²) in [6.45, 7) is 0. The van der Waals surface area contributed by atoms with E-state index in [1.807, 2.05) is 0 Å². The van der Waals surface area contributed by atoms with Gasteiger partial charge in [0.05, 0.1) is 5.75 Å². The van der Waals surface area contributed by atoms with E-state index in [9.17, 15) is 4.39 Å². The molecule has 1 heterocycles. The van der Waals surface area contributed by atoms with Crippen molar-refractivity contribution < 1.29 is 4.39 Å². The van der Waals surface area contributed by atoms with E-state index in [1.165, 1.54) is 22.6 Å². The standard InChI is InChI=1S/C18H18FN5S2/c1-25-15-8-2-12(3-9-15)10-26-11-16-22-17(20)24-18(23-16)21-14-6-4-13(19)5-7-14/h2-9H,10-11H2,1H3,(H3,20,21,22,23,24). The number of anilines is 3. The van der Waals surface area contributed by atoms with Crippen LogP contribution in [0.4, 0.5) is 22.0 Å². The lowest BCUT2D eigenvalue weighted by atomic mass is 10.2. The van der Waals surface area contributed by atoms with Crippen molar-refractivity contribution in [2.45, 2.75) is 16.4 Å². The molecule has 0 spiro atoms. The van der Waals surface area contributed by atoms with Gasteiger partial charge in [0, 0.05) is 16.3 Å². The number of aromatic nitrogens is 3. The van der Waals surface area contributed by atoms with Crippen molar-refractivity contribution in [2.24, 2.45) is 0 Å². The van der Waals surface area contributed by atoms with Crippen LogP contribution < -0.4 is 11.1 Å². The molecule has 1 aromatic heterocycles. The molecule has 5 nitrogen and oxygen atoms in total. The lowest BCUT2D eigenvalue weighted by molar-refractivity contribution is 0.628. The van der Waals surface area contributed by atoms with E-state index in [4.69, 9.17) is 5.73 Å². The van der Waals surface area contributed by atoms with Gasteiger partial charge >= 0.3 is 0 Å². The van der Waals surface area contributed by atoms with E-state index >= 15 is 0 Å². The summed E-state index contributed by atoms with van der Waals surface area (Å²) < 4.78 is 13.0. The lowest BCUT2D eigenvalue weighted by Crippen LogP contribution is -2.06. The van der Waals surface area contributed by atoms with E-state index < -0.39 is 0 Å². The van der Waals surface area contributed by atoms with Crippen LogP contribution in [0.2, 0.25) is 0 Å². The van der Waals surface area contributed by atoms with Crippen LogP contribution in [-0.4, -0.2) is 21.2 Å². The van der Waals surface area contributed by atoms with Crippen LogP contribution in [0.25, 0.3) is 0 Å². The normalized spacial score (nSPS) is 10.7. The Morgan fingerprint density at radius 3 is 2.38 bits per heavy atom. The fraction of sp³-hybridized carbons (Fsp3) is 0.167. The molecule has 0 fully saturated rings. The zero-order valence-electron chi connectivity index (χ0n) is 14.1. The molecule has 0 unspecified atom stereocenters. The van der Waals surface area contributed by atoms with Crippen molar-refractivity contribution in [1.82, 2.24) is 15.0 Å². The molecule has 0 saturated carbocycles. The minimum absolute atomic E-state index is 0.157. The first-order chi connectivity index (χ1) is 12.6. The van der Waals surface area contributed by atoms with E-state index in [-0.39, 0.29) is 11.8 Å². The first-order valence-corrected chi connectivity index (χ1v) is 10.2. The number of hydrogen-bond donors (Lipinski definition) is 2. The van der Waals surface area contributed by atoms with E-state index in [2.05, 4.69) is 50.8 Å². The van der Waals surface area contributed by atoms with Gasteiger partial charge in [-0.15, -0.1) is 23.5 Å². The van der Waals surface area contributed by atoms with Gasteiger partial charge in [-0.05, 0) is 48.2 Å². The summed E-state index contributed by atoms with van der Waals surface area (Å²) in [6, 6.07) is 14.4. The Labute approximate surface area is 160 Å². The van der Waals surface area contributed by atoms with Crippen molar-refractivity contribution in [3.05, 3.63) is 65.7 Å². The van der Waals surface area contributed by atoms with Crippen molar-refractivity contribution in [3.63, 3.8) is 0 Å². The van der Waals surface area contributed by atoms with E-state index in [0.717, 1.165) is 5.75 Å². The molecule has 0 amide bonds. The molecule has 0 atom stereocenters. The van der Waals surface area contributed by atoms with Gasteiger partial charge in [0.2, 0.25) is 11.9 Å². The van der Waals surface area contributed by atoms with Crippen LogP contribution in [0.5, 0.6) is 0 Å². The number of nitrogen functional groups attached to an aromatic ring is 1. The number of benzene rings is 2. The summed E-state index contributed by atoms with van der Waals surface area (Å²) in [7, 11) is 0.